The summed E-state index contributed by atoms with van der Waals surface area (Å²) in [6.45, 7) is 1.77. The predicted molar refractivity (Wildman–Crippen MR) is 72.2 cm³/mol. The summed E-state index contributed by atoms with van der Waals surface area (Å²) in [5.41, 5.74) is 1.09. The highest BCUT2D eigenvalue weighted by molar-refractivity contribution is 7.81. The van der Waals surface area contributed by atoms with Crippen LogP contribution in [0, 0.1) is 0 Å². The average Bonchev–Trinajstić information content (AvgIpc) is 2.37. The van der Waals surface area contributed by atoms with Crippen LogP contribution in [0.1, 0.15) is 12.5 Å². The largest absolute Gasteiger partial charge is 0.394 e. The van der Waals surface area contributed by atoms with Crippen molar-refractivity contribution in [3.63, 3.8) is 0 Å². The zero-order valence-corrected chi connectivity index (χ0v) is 11.1. The van der Waals surface area contributed by atoms with Gasteiger partial charge in [-0.3, -0.25) is 4.79 Å². The number of thiol groups is 1. The molecule has 0 fully saturated rings. The molecule has 4 heteroatoms. The van der Waals surface area contributed by atoms with Crippen LogP contribution in [0.2, 0.25) is 0 Å². The van der Waals surface area contributed by atoms with E-state index >= 15 is 0 Å². The van der Waals surface area contributed by atoms with E-state index in [0.717, 1.165) is 5.56 Å². The highest BCUT2D eigenvalue weighted by Gasteiger charge is 2.21. The summed E-state index contributed by atoms with van der Waals surface area (Å²) in [5.74, 6) is -0.0567. The molecule has 3 nitrogen and oxygen atoms in total. The zero-order valence-electron chi connectivity index (χ0n) is 10.2. The van der Waals surface area contributed by atoms with Crippen molar-refractivity contribution in [1.29, 1.82) is 0 Å². The molecule has 0 bridgehead atoms. The molecule has 0 aromatic heterocycles. The molecule has 1 aromatic rings. The third kappa shape index (κ3) is 4.06. The quantitative estimate of drug-likeness (QED) is 0.778. The molecule has 1 aromatic carbocycles. The zero-order chi connectivity index (χ0) is 12.8. The van der Waals surface area contributed by atoms with Crippen molar-refractivity contribution in [1.82, 2.24) is 4.90 Å². The van der Waals surface area contributed by atoms with E-state index in [1.54, 1.807) is 18.9 Å². The van der Waals surface area contributed by atoms with Gasteiger partial charge in [-0.05, 0) is 18.9 Å². The normalized spacial score (nSPS) is 14.1. The Labute approximate surface area is 108 Å². The molecule has 0 aliphatic carbocycles. The van der Waals surface area contributed by atoms with E-state index in [1.807, 2.05) is 30.3 Å². The van der Waals surface area contributed by atoms with Gasteiger partial charge >= 0.3 is 0 Å². The van der Waals surface area contributed by atoms with Gasteiger partial charge in [0.15, 0.2) is 0 Å². The van der Waals surface area contributed by atoms with Gasteiger partial charge in [0, 0.05) is 7.05 Å². The Balaban J connectivity index is 2.58. The number of nitrogens with zero attached hydrogens (tertiary/aromatic N) is 1. The third-order valence-electron chi connectivity index (χ3n) is 2.83. The molecular weight excluding hydrogens is 234 g/mol. The lowest BCUT2D eigenvalue weighted by Crippen LogP contribution is -2.42. The van der Waals surface area contributed by atoms with Gasteiger partial charge in [-0.15, -0.1) is 0 Å². The number of carbonyl (C=O) groups is 1. The lowest BCUT2D eigenvalue weighted by molar-refractivity contribution is -0.131. The van der Waals surface area contributed by atoms with Gasteiger partial charge in [0.1, 0.15) is 0 Å². The number of benzene rings is 1. The van der Waals surface area contributed by atoms with Gasteiger partial charge in [-0.2, -0.15) is 12.6 Å². The van der Waals surface area contributed by atoms with Crippen molar-refractivity contribution >= 4 is 18.5 Å². The summed E-state index contributed by atoms with van der Waals surface area (Å²) in [5, 5.41) is 8.64. The molecule has 0 saturated heterocycles. The molecule has 1 amide bonds. The number of carbonyl (C=O) groups excluding carboxylic acids is 1. The first kappa shape index (κ1) is 14.1. The van der Waals surface area contributed by atoms with E-state index in [9.17, 15) is 4.79 Å². The minimum Gasteiger partial charge on any atom is -0.394 e. The minimum atomic E-state index is -0.364. The van der Waals surface area contributed by atoms with E-state index in [-0.39, 0.29) is 23.8 Å². The second-order valence-electron chi connectivity index (χ2n) is 4.19. The molecule has 0 spiro atoms. The summed E-state index contributed by atoms with van der Waals surface area (Å²) in [7, 11) is 1.69. The number of hydrogen-bond acceptors (Lipinski definition) is 3. The second-order valence-corrected chi connectivity index (χ2v) is 4.81. The summed E-state index contributed by atoms with van der Waals surface area (Å²) in [6.07, 6.45) is 0.602. The fourth-order valence-corrected chi connectivity index (χ4v) is 1.89. The number of amides is 1. The molecule has 0 heterocycles. The van der Waals surface area contributed by atoms with Crippen LogP contribution in [-0.4, -0.2) is 40.9 Å². The van der Waals surface area contributed by atoms with Crippen molar-refractivity contribution in [3.05, 3.63) is 35.9 Å². The van der Waals surface area contributed by atoms with Gasteiger partial charge < -0.3 is 10.0 Å². The molecule has 0 saturated carbocycles. The van der Waals surface area contributed by atoms with E-state index in [2.05, 4.69) is 12.6 Å². The number of rotatable bonds is 5. The van der Waals surface area contributed by atoms with Gasteiger partial charge in [0.2, 0.25) is 5.91 Å². The highest BCUT2D eigenvalue weighted by atomic mass is 32.1. The van der Waals surface area contributed by atoms with Gasteiger partial charge in [-0.1, -0.05) is 30.3 Å². The van der Waals surface area contributed by atoms with Crippen molar-refractivity contribution in [2.45, 2.75) is 24.6 Å². The predicted octanol–water partition coefficient (Wildman–Crippen LogP) is 1.37. The molecule has 0 radical (unpaired) electrons. The second kappa shape index (κ2) is 6.67. The molecule has 2 unspecified atom stereocenters. The van der Waals surface area contributed by atoms with E-state index in [0.29, 0.717) is 6.42 Å². The topological polar surface area (TPSA) is 40.5 Å². The van der Waals surface area contributed by atoms with Crippen molar-refractivity contribution < 1.29 is 9.90 Å². The van der Waals surface area contributed by atoms with Crippen LogP contribution in [0.5, 0.6) is 0 Å². The molecule has 94 valence electrons. The van der Waals surface area contributed by atoms with Gasteiger partial charge in [0.05, 0.1) is 17.9 Å². The number of hydrogen-bond donors (Lipinski definition) is 2. The molecule has 2 atom stereocenters. The Kier molecular flexibility index (Phi) is 5.51. The molecule has 1 N–H and O–H groups in total. The van der Waals surface area contributed by atoms with E-state index < -0.39 is 0 Å². The Morgan fingerprint density at radius 1 is 1.41 bits per heavy atom. The Morgan fingerprint density at radius 3 is 2.53 bits per heavy atom. The van der Waals surface area contributed by atoms with Gasteiger partial charge in [0.25, 0.3) is 0 Å². The number of aliphatic hydroxyl groups excluding tert-OH is 1. The van der Waals surface area contributed by atoms with Crippen LogP contribution in [0.3, 0.4) is 0 Å². The van der Waals surface area contributed by atoms with E-state index in [1.165, 1.54) is 0 Å². The summed E-state index contributed by atoms with van der Waals surface area (Å²) in [6, 6.07) is 9.62. The Hall–Kier alpha value is -1.00. The maximum atomic E-state index is 12.0. The van der Waals surface area contributed by atoms with E-state index in [4.69, 9.17) is 5.11 Å². The fraction of sp³-hybridized carbons (Fsp3) is 0.462. The lowest BCUT2D eigenvalue weighted by atomic mass is 10.1. The fourth-order valence-electron chi connectivity index (χ4n) is 1.50. The maximum absolute atomic E-state index is 12.0. The molecule has 0 aliphatic rings. The maximum Gasteiger partial charge on any atom is 0.235 e. The van der Waals surface area contributed by atoms with Crippen molar-refractivity contribution in [2.75, 3.05) is 13.7 Å². The SMILES string of the molecule is CC(CO)N(C)C(=O)C(S)Cc1ccccc1. The Bertz CT molecular complexity index is 356. The molecule has 0 aliphatic heterocycles. The van der Waals surface area contributed by atoms with Crippen LogP contribution in [0.4, 0.5) is 0 Å². The van der Waals surface area contributed by atoms with Crippen LogP contribution in [0.15, 0.2) is 30.3 Å². The van der Waals surface area contributed by atoms with Crippen LogP contribution in [0.25, 0.3) is 0 Å². The highest BCUT2D eigenvalue weighted by Crippen LogP contribution is 2.11. The summed E-state index contributed by atoms with van der Waals surface area (Å²) in [4.78, 5) is 13.5. The van der Waals surface area contributed by atoms with Crippen LogP contribution >= 0.6 is 12.6 Å². The third-order valence-corrected chi connectivity index (χ3v) is 3.23. The van der Waals surface area contributed by atoms with Crippen molar-refractivity contribution in [2.24, 2.45) is 0 Å². The first-order valence-corrected chi connectivity index (χ1v) is 6.17. The monoisotopic (exact) mass is 253 g/mol. The smallest absolute Gasteiger partial charge is 0.235 e. The van der Waals surface area contributed by atoms with Gasteiger partial charge in [-0.25, -0.2) is 0 Å². The summed E-state index contributed by atoms with van der Waals surface area (Å²) < 4.78 is 0. The minimum absolute atomic E-state index is 0.0337. The number of likely N-dealkylation sites (N-methyl/N-ethyl adjacent to an activating group) is 1. The average molecular weight is 253 g/mol. The first-order chi connectivity index (χ1) is 8.06. The molecule has 1 rings (SSSR count). The van der Waals surface area contributed by atoms with Crippen molar-refractivity contribution in [3.8, 4) is 0 Å². The molecule has 17 heavy (non-hydrogen) atoms. The summed E-state index contributed by atoms with van der Waals surface area (Å²) >= 11 is 4.34. The number of aliphatic hydroxyl groups is 1. The lowest BCUT2D eigenvalue weighted by Gasteiger charge is -2.26. The molecular formula is C13H19NO2S. The Morgan fingerprint density at radius 2 is 2.00 bits per heavy atom. The van der Waals surface area contributed by atoms with Crippen LogP contribution < -0.4 is 0 Å². The van der Waals surface area contributed by atoms with Crippen LogP contribution in [-0.2, 0) is 11.2 Å². The first-order valence-electron chi connectivity index (χ1n) is 5.65. The standard InChI is InChI=1S/C13H19NO2S/c1-10(9-15)14(2)13(16)12(17)8-11-6-4-3-5-7-11/h3-7,10,12,15,17H,8-9H2,1-2H3.